The van der Waals surface area contributed by atoms with Crippen molar-refractivity contribution in [1.29, 1.82) is 0 Å². The normalized spacial score (nSPS) is 21.8. The maximum absolute atomic E-state index is 13.6. The zero-order valence-corrected chi connectivity index (χ0v) is 14.1. The van der Waals surface area contributed by atoms with Crippen LogP contribution in [-0.2, 0) is 19.4 Å². The molecule has 9 heteroatoms. The fraction of sp³-hybridized carbons (Fsp3) is 0.500. The number of ether oxygens (including phenoxy) is 1. The summed E-state index contributed by atoms with van der Waals surface area (Å²) in [6, 6.07) is 2.45. The smallest absolute Gasteiger partial charge is 0.344 e. The molecule has 1 saturated carbocycles. The van der Waals surface area contributed by atoms with Crippen molar-refractivity contribution < 1.29 is 31.5 Å². The molecule has 0 unspecified atom stereocenters. The number of carbonyl (C=O) groups excluding carboxylic acids is 2. The van der Waals surface area contributed by atoms with Gasteiger partial charge in [-0.3, -0.25) is 4.79 Å². The first kappa shape index (κ1) is 17.8. The molecule has 1 saturated heterocycles. The Morgan fingerprint density at radius 2 is 1.76 bits per heavy atom. The number of hydrogen-bond donors (Lipinski definition) is 0. The number of nitrogens with zero attached hydrogens (tertiary/aromatic N) is 1. The molecular formula is C16H17F2NO5S. The summed E-state index contributed by atoms with van der Waals surface area (Å²) in [5.41, 5.74) is -0.850. The Morgan fingerprint density at radius 1 is 1.12 bits per heavy atom. The van der Waals surface area contributed by atoms with Gasteiger partial charge in [0.1, 0.15) is 17.2 Å². The van der Waals surface area contributed by atoms with Gasteiger partial charge in [-0.15, -0.1) is 0 Å². The highest BCUT2D eigenvalue weighted by Crippen LogP contribution is 2.32. The van der Waals surface area contributed by atoms with E-state index in [0.29, 0.717) is 6.42 Å². The van der Waals surface area contributed by atoms with E-state index in [9.17, 15) is 26.8 Å². The summed E-state index contributed by atoms with van der Waals surface area (Å²) in [4.78, 5) is 25.7. The lowest BCUT2D eigenvalue weighted by Gasteiger charge is -2.28. The van der Waals surface area contributed by atoms with Crippen LogP contribution in [0.2, 0.25) is 0 Å². The summed E-state index contributed by atoms with van der Waals surface area (Å²) in [5, 5.41) is 0. The van der Waals surface area contributed by atoms with Gasteiger partial charge in [-0.25, -0.2) is 22.0 Å². The SMILES string of the molecule is O=C(OCC(=O)N(C1CC1)[C@H]1CCS(=O)(=O)C1)c1c(F)cccc1F. The fourth-order valence-corrected chi connectivity index (χ4v) is 4.73. The molecule has 0 N–H and O–H groups in total. The molecular weight excluding hydrogens is 356 g/mol. The molecule has 1 aliphatic heterocycles. The van der Waals surface area contributed by atoms with Gasteiger partial charge in [-0.05, 0) is 31.4 Å². The molecule has 1 aromatic carbocycles. The molecule has 2 aliphatic rings. The second-order valence-corrected chi connectivity index (χ2v) is 8.49. The van der Waals surface area contributed by atoms with Crippen molar-refractivity contribution in [2.24, 2.45) is 0 Å². The molecule has 25 heavy (non-hydrogen) atoms. The summed E-state index contributed by atoms with van der Waals surface area (Å²) in [7, 11) is -3.17. The van der Waals surface area contributed by atoms with Crippen LogP contribution in [0, 0.1) is 11.6 Å². The van der Waals surface area contributed by atoms with Gasteiger partial charge in [0, 0.05) is 12.1 Å². The van der Waals surface area contributed by atoms with Crippen LogP contribution in [0.3, 0.4) is 0 Å². The van der Waals surface area contributed by atoms with Gasteiger partial charge >= 0.3 is 5.97 Å². The Kier molecular flexibility index (Phi) is 4.77. The summed E-state index contributed by atoms with van der Waals surface area (Å²) < 4.78 is 55.1. The minimum Gasteiger partial charge on any atom is -0.452 e. The molecule has 6 nitrogen and oxygen atoms in total. The molecule has 0 bridgehead atoms. The van der Waals surface area contributed by atoms with Crippen LogP contribution in [0.1, 0.15) is 29.6 Å². The van der Waals surface area contributed by atoms with Crippen LogP contribution in [0.15, 0.2) is 18.2 Å². The van der Waals surface area contributed by atoms with E-state index in [-0.39, 0.29) is 17.5 Å². The van der Waals surface area contributed by atoms with Gasteiger partial charge in [-0.2, -0.15) is 0 Å². The minimum absolute atomic E-state index is 0.0222. The Labute approximate surface area is 143 Å². The van der Waals surface area contributed by atoms with E-state index in [1.807, 2.05) is 0 Å². The van der Waals surface area contributed by atoms with Crippen molar-refractivity contribution in [3.63, 3.8) is 0 Å². The van der Waals surface area contributed by atoms with E-state index in [1.165, 1.54) is 4.90 Å². The number of esters is 1. The van der Waals surface area contributed by atoms with Crippen molar-refractivity contribution in [3.8, 4) is 0 Å². The van der Waals surface area contributed by atoms with Gasteiger partial charge in [0.25, 0.3) is 5.91 Å². The first-order chi connectivity index (χ1) is 11.8. The predicted molar refractivity (Wildman–Crippen MR) is 83.6 cm³/mol. The molecule has 3 rings (SSSR count). The van der Waals surface area contributed by atoms with Crippen molar-refractivity contribution in [3.05, 3.63) is 35.4 Å². The van der Waals surface area contributed by atoms with Gasteiger partial charge < -0.3 is 9.64 Å². The lowest BCUT2D eigenvalue weighted by molar-refractivity contribution is -0.137. The summed E-state index contributed by atoms with van der Waals surface area (Å²) in [6.45, 7) is -0.681. The zero-order chi connectivity index (χ0) is 18.2. The standard InChI is InChI=1S/C16H17F2NO5S/c17-12-2-1-3-13(18)15(12)16(21)24-8-14(20)19(10-4-5-10)11-6-7-25(22,23)9-11/h1-3,10-11H,4-9H2/t11-/m0/s1. The molecule has 1 aliphatic carbocycles. The van der Waals surface area contributed by atoms with Crippen molar-refractivity contribution in [2.45, 2.75) is 31.3 Å². The van der Waals surface area contributed by atoms with Gasteiger partial charge in [0.15, 0.2) is 16.4 Å². The number of hydrogen-bond acceptors (Lipinski definition) is 5. The summed E-state index contributed by atoms with van der Waals surface area (Å²) in [6.07, 6.45) is 1.87. The highest BCUT2D eigenvalue weighted by atomic mass is 32.2. The minimum atomic E-state index is -3.17. The van der Waals surface area contributed by atoms with E-state index < -0.39 is 51.6 Å². The lowest BCUT2D eigenvalue weighted by Crippen LogP contribution is -2.44. The number of sulfone groups is 1. The molecule has 1 heterocycles. The first-order valence-corrected chi connectivity index (χ1v) is 9.73. The third-order valence-corrected chi connectivity index (χ3v) is 6.07. The number of rotatable bonds is 5. The topological polar surface area (TPSA) is 80.8 Å². The highest BCUT2D eigenvalue weighted by Gasteiger charge is 2.42. The van der Waals surface area contributed by atoms with E-state index in [0.717, 1.165) is 31.0 Å². The molecule has 0 radical (unpaired) electrons. The maximum Gasteiger partial charge on any atom is 0.344 e. The van der Waals surface area contributed by atoms with Crippen LogP contribution in [0.4, 0.5) is 8.78 Å². The third-order valence-electron chi connectivity index (χ3n) is 4.32. The number of carbonyl (C=O) groups is 2. The van der Waals surface area contributed by atoms with Crippen LogP contribution in [0.25, 0.3) is 0 Å². The molecule has 2 fully saturated rings. The summed E-state index contributed by atoms with van der Waals surface area (Å²) in [5.74, 6) is -4.04. The fourth-order valence-electron chi connectivity index (χ4n) is 3.02. The second-order valence-electron chi connectivity index (χ2n) is 6.26. The van der Waals surface area contributed by atoms with Crippen LogP contribution >= 0.6 is 0 Å². The molecule has 1 aromatic rings. The monoisotopic (exact) mass is 373 g/mol. The number of benzene rings is 1. The summed E-state index contributed by atoms with van der Waals surface area (Å²) >= 11 is 0. The van der Waals surface area contributed by atoms with E-state index >= 15 is 0 Å². The van der Waals surface area contributed by atoms with E-state index in [1.54, 1.807) is 0 Å². The van der Waals surface area contributed by atoms with Crippen LogP contribution in [-0.4, -0.2) is 55.4 Å². The quantitative estimate of drug-likeness (QED) is 0.727. The largest absolute Gasteiger partial charge is 0.452 e. The molecule has 136 valence electrons. The Morgan fingerprint density at radius 3 is 2.28 bits per heavy atom. The number of amides is 1. The first-order valence-electron chi connectivity index (χ1n) is 7.91. The van der Waals surface area contributed by atoms with E-state index in [4.69, 9.17) is 4.74 Å². The Bertz CT molecular complexity index is 786. The van der Waals surface area contributed by atoms with Gasteiger partial charge in [0.05, 0.1) is 11.5 Å². The van der Waals surface area contributed by atoms with Crippen molar-refractivity contribution >= 4 is 21.7 Å². The average molecular weight is 373 g/mol. The Balaban J connectivity index is 1.65. The maximum atomic E-state index is 13.6. The third kappa shape index (κ3) is 3.97. The van der Waals surface area contributed by atoms with Crippen molar-refractivity contribution in [1.82, 2.24) is 4.90 Å². The second kappa shape index (κ2) is 6.70. The average Bonchev–Trinajstić information content (AvgIpc) is 3.29. The van der Waals surface area contributed by atoms with E-state index in [2.05, 4.69) is 0 Å². The highest BCUT2D eigenvalue weighted by molar-refractivity contribution is 7.91. The van der Waals surface area contributed by atoms with Gasteiger partial charge in [-0.1, -0.05) is 6.07 Å². The number of halogens is 2. The molecule has 1 atom stereocenters. The van der Waals surface area contributed by atoms with Crippen LogP contribution in [0.5, 0.6) is 0 Å². The molecule has 0 aromatic heterocycles. The van der Waals surface area contributed by atoms with Gasteiger partial charge in [0.2, 0.25) is 0 Å². The zero-order valence-electron chi connectivity index (χ0n) is 13.3. The lowest BCUT2D eigenvalue weighted by atomic mass is 10.2. The molecule has 1 amide bonds. The van der Waals surface area contributed by atoms with Crippen molar-refractivity contribution in [2.75, 3.05) is 18.1 Å². The molecule has 0 spiro atoms. The Hall–Kier alpha value is -2.03. The van der Waals surface area contributed by atoms with Crippen LogP contribution < -0.4 is 0 Å². The predicted octanol–water partition coefficient (Wildman–Crippen LogP) is 1.30.